The molecule has 0 radical (unpaired) electrons. The zero-order valence-electron chi connectivity index (χ0n) is 17.7. The number of pyridine rings is 1. The molecule has 0 spiro atoms. The zero-order chi connectivity index (χ0) is 25.1. The molecule has 1 aliphatic heterocycles. The van der Waals surface area contributed by atoms with Crippen LogP contribution >= 0.6 is 35.3 Å². The maximum Gasteiger partial charge on any atom is 0.354 e. The van der Waals surface area contributed by atoms with Crippen LogP contribution < -0.4 is 5.32 Å². The fourth-order valence-corrected chi connectivity index (χ4v) is 5.36. The van der Waals surface area contributed by atoms with E-state index in [0.717, 1.165) is 28.8 Å². The number of benzene rings is 1. The molecule has 3 aromatic rings. The van der Waals surface area contributed by atoms with Gasteiger partial charge in [0.15, 0.2) is 11.6 Å². The molecular formula is C23H15F2N3O4S3. The number of thiocarbonyl (C=S) groups is 1. The largest absolute Gasteiger partial charge is 0.477 e. The number of rotatable bonds is 7. The summed E-state index contributed by atoms with van der Waals surface area (Å²) in [5, 5.41) is 13.3. The Morgan fingerprint density at radius 3 is 2.69 bits per heavy atom. The van der Waals surface area contributed by atoms with Crippen molar-refractivity contribution < 1.29 is 28.3 Å². The van der Waals surface area contributed by atoms with Gasteiger partial charge in [-0.1, -0.05) is 30.0 Å². The first-order valence-electron chi connectivity index (χ1n) is 10.00. The highest BCUT2D eigenvalue weighted by atomic mass is 32.2. The minimum Gasteiger partial charge on any atom is -0.477 e. The predicted octanol–water partition coefficient (Wildman–Crippen LogP) is 5.02. The summed E-state index contributed by atoms with van der Waals surface area (Å²) in [6.45, 7) is 0.0509. The van der Waals surface area contributed by atoms with Crippen molar-refractivity contribution in [1.29, 1.82) is 0 Å². The third-order valence-corrected chi connectivity index (χ3v) is 7.10. The number of carboxylic acid groups (broad SMARTS) is 1. The van der Waals surface area contributed by atoms with E-state index >= 15 is 0 Å². The molecule has 3 heterocycles. The standard InChI is InChI=1S/C23H15F2N3O4S3/c24-16-2-1-12(8-17(16)25)13-7-15(34-11-13)10-19-21(30)28(23(33)35-19)6-4-20(29)27-14-3-5-26-18(9-14)22(31)32/h1-3,5,7-11H,4,6H2,(H,31,32)(H,26,27,29)/b19-10-. The molecule has 1 aliphatic rings. The second-order valence-corrected chi connectivity index (χ2v) is 9.85. The highest BCUT2D eigenvalue weighted by Crippen LogP contribution is 2.35. The summed E-state index contributed by atoms with van der Waals surface area (Å²) in [5.41, 5.74) is 1.28. The summed E-state index contributed by atoms with van der Waals surface area (Å²) in [7, 11) is 0. The van der Waals surface area contributed by atoms with Gasteiger partial charge in [-0.25, -0.2) is 18.6 Å². The molecule has 1 fully saturated rings. The van der Waals surface area contributed by atoms with Gasteiger partial charge < -0.3 is 10.4 Å². The van der Waals surface area contributed by atoms with E-state index in [-0.39, 0.29) is 30.3 Å². The minimum atomic E-state index is -1.21. The summed E-state index contributed by atoms with van der Waals surface area (Å²) in [5.74, 6) is -3.83. The van der Waals surface area contributed by atoms with E-state index in [0.29, 0.717) is 20.4 Å². The molecule has 0 saturated carbocycles. The number of aromatic nitrogens is 1. The Morgan fingerprint density at radius 1 is 1.14 bits per heavy atom. The Morgan fingerprint density at radius 2 is 1.94 bits per heavy atom. The molecular weight excluding hydrogens is 516 g/mol. The second-order valence-electron chi connectivity index (χ2n) is 7.23. The quantitative estimate of drug-likeness (QED) is 0.326. The Hall–Kier alpha value is -3.48. The first kappa shape index (κ1) is 24.6. The fourth-order valence-electron chi connectivity index (χ4n) is 3.14. The Labute approximate surface area is 211 Å². The van der Waals surface area contributed by atoms with Crippen LogP contribution in [0.3, 0.4) is 0 Å². The topological polar surface area (TPSA) is 99.6 Å². The van der Waals surface area contributed by atoms with Crippen LogP contribution in [0.15, 0.2) is 52.9 Å². The van der Waals surface area contributed by atoms with Gasteiger partial charge in [0.05, 0.1) is 4.91 Å². The molecule has 4 rings (SSSR count). The number of carbonyl (C=O) groups excluding carboxylic acids is 2. The average Bonchev–Trinajstić information content (AvgIpc) is 3.39. The van der Waals surface area contributed by atoms with Crippen LogP contribution in [0.25, 0.3) is 17.2 Å². The van der Waals surface area contributed by atoms with Gasteiger partial charge in [0.2, 0.25) is 5.91 Å². The highest BCUT2D eigenvalue weighted by molar-refractivity contribution is 8.26. The number of aromatic carboxylic acids is 1. The molecule has 2 N–H and O–H groups in total. The van der Waals surface area contributed by atoms with Crippen molar-refractivity contribution in [3.63, 3.8) is 0 Å². The van der Waals surface area contributed by atoms with Gasteiger partial charge in [0, 0.05) is 29.7 Å². The summed E-state index contributed by atoms with van der Waals surface area (Å²) in [6.07, 6.45) is 2.88. The van der Waals surface area contributed by atoms with E-state index < -0.39 is 23.5 Å². The monoisotopic (exact) mass is 531 g/mol. The van der Waals surface area contributed by atoms with Crippen molar-refractivity contribution in [2.24, 2.45) is 0 Å². The van der Waals surface area contributed by atoms with Crippen LogP contribution in [0, 0.1) is 11.6 Å². The fraction of sp³-hybridized carbons (Fsp3) is 0.0870. The lowest BCUT2D eigenvalue weighted by Gasteiger charge is -2.14. The maximum atomic E-state index is 13.5. The summed E-state index contributed by atoms with van der Waals surface area (Å²) in [6, 6.07) is 8.10. The molecule has 0 aliphatic carbocycles. The number of nitrogens with zero attached hydrogens (tertiary/aromatic N) is 2. The van der Waals surface area contributed by atoms with Crippen LogP contribution in [0.2, 0.25) is 0 Å². The van der Waals surface area contributed by atoms with Crippen LogP contribution in [-0.2, 0) is 9.59 Å². The SMILES string of the molecule is O=C(CCN1C(=O)/C(=C/c2cc(-c3ccc(F)c(F)c3)cs2)SC1=S)Nc1ccnc(C(=O)O)c1. The van der Waals surface area contributed by atoms with Crippen LogP contribution in [0.5, 0.6) is 0 Å². The number of hydrogen-bond donors (Lipinski definition) is 2. The number of nitrogens with one attached hydrogen (secondary N) is 1. The normalized spacial score (nSPS) is 14.6. The Kier molecular flexibility index (Phi) is 7.34. The third-order valence-electron chi connectivity index (χ3n) is 4.84. The van der Waals surface area contributed by atoms with Crippen LogP contribution in [0.1, 0.15) is 21.8 Å². The number of carbonyl (C=O) groups is 3. The molecule has 0 atom stereocenters. The molecule has 12 heteroatoms. The Balaban J connectivity index is 1.39. The molecule has 1 aromatic carbocycles. The van der Waals surface area contributed by atoms with Crippen molar-refractivity contribution in [1.82, 2.24) is 9.88 Å². The molecule has 2 aromatic heterocycles. The lowest BCUT2D eigenvalue weighted by molar-refractivity contribution is -0.122. The molecule has 7 nitrogen and oxygen atoms in total. The number of hydrogen-bond acceptors (Lipinski definition) is 7. The lowest BCUT2D eigenvalue weighted by Crippen LogP contribution is -2.31. The van der Waals surface area contributed by atoms with Crippen LogP contribution in [0.4, 0.5) is 14.5 Å². The third kappa shape index (κ3) is 5.78. The van der Waals surface area contributed by atoms with Crippen molar-refractivity contribution >= 4 is 69.2 Å². The van der Waals surface area contributed by atoms with Crippen molar-refractivity contribution in [2.45, 2.75) is 6.42 Å². The first-order chi connectivity index (χ1) is 16.7. The van der Waals surface area contributed by atoms with E-state index in [4.69, 9.17) is 17.3 Å². The number of thioether (sulfide) groups is 1. The Bertz CT molecular complexity index is 1390. The van der Waals surface area contributed by atoms with E-state index in [2.05, 4.69) is 10.3 Å². The molecule has 0 bridgehead atoms. The summed E-state index contributed by atoms with van der Waals surface area (Å²) >= 11 is 7.74. The number of anilines is 1. The van der Waals surface area contributed by atoms with Crippen molar-refractivity contribution in [2.75, 3.05) is 11.9 Å². The van der Waals surface area contributed by atoms with Gasteiger partial charge in [-0.05, 0) is 52.9 Å². The zero-order valence-corrected chi connectivity index (χ0v) is 20.1. The van der Waals surface area contributed by atoms with Crippen molar-refractivity contribution in [3.8, 4) is 11.1 Å². The van der Waals surface area contributed by atoms with Gasteiger partial charge in [0.25, 0.3) is 5.91 Å². The molecule has 178 valence electrons. The van der Waals surface area contributed by atoms with Gasteiger partial charge in [-0.15, -0.1) is 11.3 Å². The first-order valence-corrected chi connectivity index (χ1v) is 12.1. The van der Waals surface area contributed by atoms with Crippen molar-refractivity contribution in [3.05, 3.63) is 75.1 Å². The number of thiophene rings is 1. The highest BCUT2D eigenvalue weighted by Gasteiger charge is 2.32. The van der Waals surface area contributed by atoms with Gasteiger partial charge >= 0.3 is 5.97 Å². The van der Waals surface area contributed by atoms with E-state index in [1.807, 2.05) is 0 Å². The molecule has 0 unspecified atom stereocenters. The number of carboxylic acids is 1. The lowest BCUT2D eigenvalue weighted by atomic mass is 10.1. The van der Waals surface area contributed by atoms with Gasteiger partial charge in [-0.2, -0.15) is 0 Å². The molecule has 1 saturated heterocycles. The average molecular weight is 532 g/mol. The van der Waals surface area contributed by atoms with Gasteiger partial charge in [-0.3, -0.25) is 14.5 Å². The van der Waals surface area contributed by atoms with E-state index in [9.17, 15) is 23.2 Å². The van der Waals surface area contributed by atoms with E-state index in [1.165, 1.54) is 40.6 Å². The predicted molar refractivity (Wildman–Crippen MR) is 134 cm³/mol. The summed E-state index contributed by atoms with van der Waals surface area (Å²) in [4.78, 5) is 42.2. The number of halogens is 2. The molecule has 2 amide bonds. The van der Waals surface area contributed by atoms with Gasteiger partial charge in [0.1, 0.15) is 10.0 Å². The second kappa shape index (κ2) is 10.4. The van der Waals surface area contributed by atoms with Crippen LogP contribution in [-0.4, -0.2) is 43.6 Å². The minimum absolute atomic E-state index is 0.0509. The van der Waals surface area contributed by atoms with E-state index in [1.54, 1.807) is 17.5 Å². The summed E-state index contributed by atoms with van der Waals surface area (Å²) < 4.78 is 27.0. The maximum absolute atomic E-state index is 13.5. The molecule has 35 heavy (non-hydrogen) atoms. The number of amides is 2. The smallest absolute Gasteiger partial charge is 0.354 e.